The van der Waals surface area contributed by atoms with Gasteiger partial charge < -0.3 is 20.5 Å². The average molecular weight is 462 g/mol. The van der Waals surface area contributed by atoms with E-state index in [9.17, 15) is 0 Å². The molecule has 0 amide bonds. The van der Waals surface area contributed by atoms with Crippen molar-refractivity contribution in [3.63, 3.8) is 0 Å². The summed E-state index contributed by atoms with van der Waals surface area (Å²) in [5.74, 6) is 1.90. The lowest BCUT2D eigenvalue weighted by Crippen LogP contribution is -2.43. The summed E-state index contributed by atoms with van der Waals surface area (Å²) < 4.78 is 10.5. The van der Waals surface area contributed by atoms with Gasteiger partial charge in [0.05, 0.1) is 20.8 Å². The molecule has 0 radical (unpaired) electrons. The number of benzene rings is 1. The second-order valence-corrected chi connectivity index (χ2v) is 6.20. The smallest absolute Gasteiger partial charge is 0.188 e. The van der Waals surface area contributed by atoms with E-state index in [1.54, 1.807) is 14.2 Å². The molecule has 0 spiro atoms. The van der Waals surface area contributed by atoms with Crippen molar-refractivity contribution in [3.8, 4) is 11.5 Å². The highest BCUT2D eigenvalue weighted by atomic mass is 127. The van der Waals surface area contributed by atoms with Gasteiger partial charge in [0.25, 0.3) is 0 Å². The van der Waals surface area contributed by atoms with E-state index in [1.165, 1.54) is 25.8 Å². The molecule has 142 valence electrons. The molecule has 0 bridgehead atoms. The molecule has 1 atom stereocenters. The number of aliphatic imine (C=N–C) groups is 1. The molecule has 1 fully saturated rings. The highest BCUT2D eigenvalue weighted by Gasteiger charge is 2.17. The van der Waals surface area contributed by atoms with E-state index in [0.717, 1.165) is 18.7 Å². The van der Waals surface area contributed by atoms with Crippen LogP contribution in [-0.4, -0.2) is 50.8 Å². The molecule has 0 aliphatic carbocycles. The molecule has 0 saturated carbocycles. The zero-order valence-corrected chi connectivity index (χ0v) is 17.8. The van der Waals surface area contributed by atoms with Gasteiger partial charge in [-0.3, -0.25) is 4.90 Å². The van der Waals surface area contributed by atoms with Crippen molar-refractivity contribution in [1.82, 2.24) is 10.2 Å². The first-order chi connectivity index (χ1) is 11.6. The maximum Gasteiger partial charge on any atom is 0.188 e. The third-order valence-electron chi connectivity index (χ3n) is 4.53. The van der Waals surface area contributed by atoms with Crippen LogP contribution in [0.4, 0.5) is 0 Å². The van der Waals surface area contributed by atoms with Crippen molar-refractivity contribution in [3.05, 3.63) is 23.8 Å². The first kappa shape index (κ1) is 21.8. The molecule has 7 heteroatoms. The van der Waals surface area contributed by atoms with Crippen molar-refractivity contribution < 1.29 is 9.47 Å². The number of rotatable bonds is 7. The highest BCUT2D eigenvalue weighted by molar-refractivity contribution is 14.0. The van der Waals surface area contributed by atoms with Gasteiger partial charge in [-0.25, -0.2) is 4.99 Å². The van der Waals surface area contributed by atoms with Crippen LogP contribution in [0.1, 0.15) is 31.7 Å². The van der Waals surface area contributed by atoms with Gasteiger partial charge in [0.15, 0.2) is 17.5 Å². The molecule has 1 unspecified atom stereocenters. The van der Waals surface area contributed by atoms with Gasteiger partial charge in [-0.05, 0) is 44.0 Å². The second kappa shape index (κ2) is 11.4. The van der Waals surface area contributed by atoms with Crippen LogP contribution in [-0.2, 0) is 6.54 Å². The summed E-state index contributed by atoms with van der Waals surface area (Å²) in [5, 5.41) is 3.20. The Morgan fingerprint density at radius 2 is 2.04 bits per heavy atom. The van der Waals surface area contributed by atoms with E-state index in [4.69, 9.17) is 15.2 Å². The first-order valence-corrected chi connectivity index (χ1v) is 8.62. The Morgan fingerprint density at radius 3 is 2.72 bits per heavy atom. The molecule has 1 aromatic carbocycles. The molecule has 1 aliphatic rings. The van der Waals surface area contributed by atoms with E-state index < -0.39 is 0 Å². The van der Waals surface area contributed by atoms with E-state index in [2.05, 4.69) is 22.1 Å². The quantitative estimate of drug-likeness (QED) is 0.371. The topological polar surface area (TPSA) is 72.1 Å². The third-order valence-corrected chi connectivity index (χ3v) is 4.53. The minimum absolute atomic E-state index is 0. The van der Waals surface area contributed by atoms with Gasteiger partial charge in [0.1, 0.15) is 0 Å². The molecule has 2 rings (SSSR count). The standard InChI is InChI=1S/C18H30N4O2.HI/c1-14-6-4-5-10-22(14)11-9-20-18(19)21-13-15-7-8-16(23-2)17(12-15)24-3;/h7-8,12,14H,4-6,9-11,13H2,1-3H3,(H3,19,20,21);1H. The SMILES string of the molecule is COc1ccc(CN=C(N)NCCN2CCCCC2C)cc1OC.I. The van der Waals surface area contributed by atoms with Crippen LogP contribution in [0.15, 0.2) is 23.2 Å². The maximum atomic E-state index is 5.96. The highest BCUT2D eigenvalue weighted by Crippen LogP contribution is 2.27. The average Bonchev–Trinajstić information content (AvgIpc) is 2.61. The Bertz CT molecular complexity index is 554. The van der Waals surface area contributed by atoms with Crippen molar-refractivity contribution >= 4 is 29.9 Å². The molecule has 1 heterocycles. The lowest BCUT2D eigenvalue weighted by molar-refractivity contribution is 0.164. The van der Waals surface area contributed by atoms with Crippen LogP contribution < -0.4 is 20.5 Å². The zero-order chi connectivity index (χ0) is 17.4. The number of nitrogens with one attached hydrogen (secondary N) is 1. The third kappa shape index (κ3) is 6.89. The first-order valence-electron chi connectivity index (χ1n) is 8.62. The summed E-state index contributed by atoms with van der Waals surface area (Å²) in [6.07, 6.45) is 3.94. The lowest BCUT2D eigenvalue weighted by Gasteiger charge is -2.33. The number of halogens is 1. The van der Waals surface area contributed by atoms with E-state index in [1.807, 2.05) is 18.2 Å². The van der Waals surface area contributed by atoms with Gasteiger partial charge in [0.2, 0.25) is 0 Å². The Kier molecular flexibility index (Phi) is 9.96. The second-order valence-electron chi connectivity index (χ2n) is 6.20. The van der Waals surface area contributed by atoms with E-state index in [-0.39, 0.29) is 24.0 Å². The van der Waals surface area contributed by atoms with Crippen LogP contribution in [0.5, 0.6) is 11.5 Å². The Labute approximate surface area is 168 Å². The van der Waals surface area contributed by atoms with Gasteiger partial charge in [0, 0.05) is 19.1 Å². The number of guanidine groups is 1. The number of hydrogen-bond donors (Lipinski definition) is 2. The molecule has 6 nitrogen and oxygen atoms in total. The molecular formula is C18H31IN4O2. The minimum atomic E-state index is 0. The van der Waals surface area contributed by atoms with Gasteiger partial charge in [-0.15, -0.1) is 24.0 Å². The van der Waals surface area contributed by atoms with E-state index in [0.29, 0.717) is 30.0 Å². The Morgan fingerprint density at radius 1 is 1.28 bits per heavy atom. The normalized spacial score (nSPS) is 18.4. The zero-order valence-electron chi connectivity index (χ0n) is 15.5. The minimum Gasteiger partial charge on any atom is -0.493 e. The van der Waals surface area contributed by atoms with Crippen molar-refractivity contribution in [2.45, 2.75) is 38.8 Å². The van der Waals surface area contributed by atoms with Gasteiger partial charge >= 0.3 is 0 Å². The Hall–Kier alpha value is -1.22. The number of likely N-dealkylation sites (tertiary alicyclic amines) is 1. The molecule has 1 saturated heterocycles. The predicted molar refractivity (Wildman–Crippen MR) is 113 cm³/mol. The van der Waals surface area contributed by atoms with Crippen LogP contribution in [0.25, 0.3) is 0 Å². The number of nitrogens with zero attached hydrogens (tertiary/aromatic N) is 2. The molecule has 3 N–H and O–H groups in total. The predicted octanol–water partition coefficient (Wildman–Crippen LogP) is 2.60. The van der Waals surface area contributed by atoms with Crippen molar-refractivity contribution in [2.75, 3.05) is 33.9 Å². The summed E-state index contributed by atoms with van der Waals surface area (Å²) >= 11 is 0. The fraction of sp³-hybridized carbons (Fsp3) is 0.611. The van der Waals surface area contributed by atoms with Crippen molar-refractivity contribution in [1.29, 1.82) is 0 Å². The van der Waals surface area contributed by atoms with Crippen LogP contribution in [0.2, 0.25) is 0 Å². The van der Waals surface area contributed by atoms with Gasteiger partial charge in [-0.1, -0.05) is 12.5 Å². The maximum absolute atomic E-state index is 5.96. The number of nitrogens with two attached hydrogens (primary N) is 1. The molecular weight excluding hydrogens is 431 g/mol. The molecule has 1 aromatic rings. The lowest BCUT2D eigenvalue weighted by atomic mass is 10.0. The number of methoxy groups -OCH3 is 2. The molecule has 0 aromatic heterocycles. The number of piperidine rings is 1. The van der Waals surface area contributed by atoms with Gasteiger partial charge in [-0.2, -0.15) is 0 Å². The number of ether oxygens (including phenoxy) is 2. The summed E-state index contributed by atoms with van der Waals surface area (Å²) in [4.78, 5) is 6.91. The largest absolute Gasteiger partial charge is 0.493 e. The molecule has 1 aliphatic heterocycles. The fourth-order valence-electron chi connectivity index (χ4n) is 3.03. The summed E-state index contributed by atoms with van der Waals surface area (Å²) in [6.45, 7) is 5.83. The monoisotopic (exact) mass is 462 g/mol. The van der Waals surface area contributed by atoms with Crippen LogP contribution >= 0.6 is 24.0 Å². The fourth-order valence-corrected chi connectivity index (χ4v) is 3.03. The summed E-state index contributed by atoms with van der Waals surface area (Å²) in [5.41, 5.74) is 6.99. The van der Waals surface area contributed by atoms with Crippen LogP contribution in [0.3, 0.4) is 0 Å². The van der Waals surface area contributed by atoms with Crippen LogP contribution in [0, 0.1) is 0 Å². The molecule has 25 heavy (non-hydrogen) atoms. The Balaban J connectivity index is 0.00000312. The summed E-state index contributed by atoms with van der Waals surface area (Å²) in [7, 11) is 3.25. The van der Waals surface area contributed by atoms with E-state index >= 15 is 0 Å². The number of hydrogen-bond acceptors (Lipinski definition) is 4. The van der Waals surface area contributed by atoms with Crippen molar-refractivity contribution in [2.24, 2.45) is 10.7 Å². The summed E-state index contributed by atoms with van der Waals surface area (Å²) in [6, 6.07) is 6.44.